The summed E-state index contributed by atoms with van der Waals surface area (Å²) in [4.78, 5) is 12.7. The number of aromatic nitrogens is 4. The van der Waals surface area contributed by atoms with E-state index in [2.05, 4.69) is 20.0 Å². The second-order valence-electron chi connectivity index (χ2n) is 6.24. The van der Waals surface area contributed by atoms with E-state index in [1.165, 1.54) is 6.20 Å². The maximum atomic E-state index is 12.8. The van der Waals surface area contributed by atoms with Crippen molar-refractivity contribution in [1.29, 1.82) is 0 Å². The first kappa shape index (κ1) is 17.9. The van der Waals surface area contributed by atoms with Crippen molar-refractivity contribution in [2.45, 2.75) is 32.7 Å². The molecule has 0 aliphatic carbocycles. The Morgan fingerprint density at radius 3 is 2.31 bits per heavy atom. The molecular formula is C17H19N5O3S. The third-order valence-corrected chi connectivity index (χ3v) is 5.13. The van der Waals surface area contributed by atoms with Crippen molar-refractivity contribution in [3.05, 3.63) is 58.5 Å². The number of anilines is 1. The molecule has 2 N–H and O–H groups in total. The zero-order chi connectivity index (χ0) is 19.1. The first-order chi connectivity index (χ1) is 12.2. The predicted molar refractivity (Wildman–Crippen MR) is 96.7 cm³/mol. The molecule has 0 saturated carbocycles. The molecule has 0 unspecified atom stereocenters. The molecule has 2 heterocycles. The number of nitrogens with zero attached hydrogens (tertiary/aromatic N) is 3. The Bertz CT molecular complexity index is 1080. The zero-order valence-corrected chi connectivity index (χ0v) is 15.7. The predicted octanol–water partition coefficient (Wildman–Crippen LogP) is 2.33. The van der Waals surface area contributed by atoms with Gasteiger partial charge in [0.25, 0.3) is 15.9 Å². The summed E-state index contributed by atoms with van der Waals surface area (Å²) in [5.41, 5.74) is 3.46. The third kappa shape index (κ3) is 3.38. The van der Waals surface area contributed by atoms with Crippen LogP contribution in [0.2, 0.25) is 0 Å². The first-order valence-electron chi connectivity index (χ1n) is 7.90. The Hall–Kier alpha value is -2.94. The van der Waals surface area contributed by atoms with Gasteiger partial charge in [0.2, 0.25) is 0 Å². The smallest absolute Gasteiger partial charge is 0.278 e. The van der Waals surface area contributed by atoms with Gasteiger partial charge >= 0.3 is 0 Å². The second-order valence-corrected chi connectivity index (χ2v) is 7.86. The van der Waals surface area contributed by atoms with E-state index in [1.807, 2.05) is 19.9 Å². The summed E-state index contributed by atoms with van der Waals surface area (Å²) in [6.07, 6.45) is 1.19. The van der Waals surface area contributed by atoms with Gasteiger partial charge in [-0.15, -0.1) is 0 Å². The van der Waals surface area contributed by atoms with Gasteiger partial charge in [0.1, 0.15) is 5.56 Å². The molecule has 8 nitrogen and oxygen atoms in total. The van der Waals surface area contributed by atoms with E-state index < -0.39 is 15.9 Å². The van der Waals surface area contributed by atoms with Crippen molar-refractivity contribution in [1.82, 2.24) is 20.0 Å². The van der Waals surface area contributed by atoms with Gasteiger partial charge in [-0.1, -0.05) is 6.07 Å². The number of carbonyl (C=O) groups excluding carboxylic acids is 1. The molecule has 0 radical (unpaired) electrons. The van der Waals surface area contributed by atoms with Gasteiger partial charge in [0.15, 0.2) is 5.03 Å². The molecule has 3 aromatic rings. The summed E-state index contributed by atoms with van der Waals surface area (Å²) in [5, 5.41) is 9.96. The largest absolute Gasteiger partial charge is 0.283 e. The maximum Gasteiger partial charge on any atom is 0.283 e. The molecule has 26 heavy (non-hydrogen) atoms. The minimum atomic E-state index is -4.02. The van der Waals surface area contributed by atoms with Gasteiger partial charge in [0.05, 0.1) is 11.9 Å². The van der Waals surface area contributed by atoms with Crippen molar-refractivity contribution in [2.24, 2.45) is 0 Å². The number of hydrogen-bond donors (Lipinski definition) is 2. The van der Waals surface area contributed by atoms with Gasteiger partial charge in [-0.2, -0.15) is 18.6 Å². The quantitative estimate of drug-likeness (QED) is 0.729. The highest BCUT2D eigenvalue weighted by molar-refractivity contribution is 7.92. The van der Waals surface area contributed by atoms with Crippen LogP contribution in [0.4, 0.5) is 5.69 Å². The molecule has 2 aromatic heterocycles. The summed E-state index contributed by atoms with van der Waals surface area (Å²) >= 11 is 0. The Morgan fingerprint density at radius 2 is 1.73 bits per heavy atom. The summed E-state index contributed by atoms with van der Waals surface area (Å²) < 4.78 is 29.2. The molecule has 0 bridgehead atoms. The number of aryl methyl sites for hydroxylation is 4. The van der Waals surface area contributed by atoms with Crippen molar-refractivity contribution in [3.8, 4) is 0 Å². The van der Waals surface area contributed by atoms with Gasteiger partial charge in [-0.25, -0.2) is 4.68 Å². The van der Waals surface area contributed by atoms with Crippen LogP contribution in [-0.4, -0.2) is 34.3 Å². The topological polar surface area (TPSA) is 110 Å². The number of carbonyl (C=O) groups is 1. The minimum Gasteiger partial charge on any atom is -0.278 e. The van der Waals surface area contributed by atoms with E-state index >= 15 is 0 Å². The van der Waals surface area contributed by atoms with Gasteiger partial charge < -0.3 is 0 Å². The van der Waals surface area contributed by atoms with Gasteiger partial charge in [0, 0.05) is 11.4 Å². The standard InChI is InChI=1S/C17H19N5O3S/c1-10-5-11(2)7-14(6-10)21-26(24,25)16-15(9-18-19-16)17(23)22-13(4)8-12(3)20-22/h5-9,21H,1-4H3,(H,18,19). The highest BCUT2D eigenvalue weighted by atomic mass is 32.2. The van der Waals surface area contributed by atoms with Crippen LogP contribution in [0.5, 0.6) is 0 Å². The summed E-state index contributed by atoms with van der Waals surface area (Å²) in [6.45, 7) is 7.23. The Balaban J connectivity index is 1.99. The van der Waals surface area contributed by atoms with Crippen molar-refractivity contribution in [2.75, 3.05) is 4.72 Å². The SMILES string of the molecule is Cc1cc(C)cc(NS(=O)(=O)c2[nH]ncc2C(=O)n2nc(C)cc2C)c1. The molecule has 3 rings (SSSR count). The Labute approximate surface area is 151 Å². The van der Waals surface area contributed by atoms with Crippen LogP contribution in [0.15, 0.2) is 35.5 Å². The van der Waals surface area contributed by atoms with E-state index in [0.29, 0.717) is 17.1 Å². The molecule has 9 heteroatoms. The Morgan fingerprint density at radius 1 is 1.08 bits per heavy atom. The fourth-order valence-electron chi connectivity index (χ4n) is 2.82. The van der Waals surface area contributed by atoms with E-state index in [-0.39, 0.29) is 10.6 Å². The van der Waals surface area contributed by atoms with Crippen LogP contribution in [0.3, 0.4) is 0 Å². The van der Waals surface area contributed by atoms with E-state index in [9.17, 15) is 13.2 Å². The van der Waals surface area contributed by atoms with Crippen LogP contribution >= 0.6 is 0 Å². The number of rotatable bonds is 4. The number of aromatic amines is 1. The molecule has 0 aliphatic rings. The lowest BCUT2D eigenvalue weighted by Gasteiger charge is -2.10. The summed E-state index contributed by atoms with van der Waals surface area (Å²) in [5.74, 6) is -0.565. The van der Waals surface area contributed by atoms with Crippen molar-refractivity contribution in [3.63, 3.8) is 0 Å². The molecule has 0 fully saturated rings. The molecule has 0 amide bonds. The average molecular weight is 373 g/mol. The van der Waals surface area contributed by atoms with Crippen molar-refractivity contribution >= 4 is 21.6 Å². The molecule has 0 saturated heterocycles. The molecule has 1 aromatic carbocycles. The number of nitrogens with one attached hydrogen (secondary N) is 2. The normalized spacial score (nSPS) is 11.5. The molecule has 136 valence electrons. The van der Waals surface area contributed by atoms with Crippen LogP contribution in [-0.2, 0) is 10.0 Å². The average Bonchev–Trinajstić information content (AvgIpc) is 3.12. The highest BCUT2D eigenvalue weighted by Crippen LogP contribution is 2.21. The van der Waals surface area contributed by atoms with E-state index in [1.54, 1.807) is 32.0 Å². The lowest BCUT2D eigenvalue weighted by Crippen LogP contribution is -2.21. The minimum absolute atomic E-state index is 0.0759. The zero-order valence-electron chi connectivity index (χ0n) is 14.9. The molecule has 0 atom stereocenters. The van der Waals surface area contributed by atoms with Crippen LogP contribution < -0.4 is 4.72 Å². The van der Waals surface area contributed by atoms with Crippen LogP contribution in [0.1, 0.15) is 32.9 Å². The van der Waals surface area contributed by atoms with Gasteiger partial charge in [-0.05, 0) is 57.0 Å². The van der Waals surface area contributed by atoms with Crippen LogP contribution in [0.25, 0.3) is 0 Å². The third-order valence-electron chi connectivity index (χ3n) is 3.78. The van der Waals surface area contributed by atoms with Crippen molar-refractivity contribution < 1.29 is 13.2 Å². The Kier molecular flexibility index (Phi) is 4.41. The number of hydrogen-bond acceptors (Lipinski definition) is 5. The maximum absolute atomic E-state index is 12.8. The lowest BCUT2D eigenvalue weighted by atomic mass is 10.1. The highest BCUT2D eigenvalue weighted by Gasteiger charge is 2.27. The number of H-pyrrole nitrogens is 1. The second kappa shape index (κ2) is 6.41. The molecular weight excluding hydrogens is 354 g/mol. The van der Waals surface area contributed by atoms with Gasteiger partial charge in [-0.3, -0.25) is 14.6 Å². The molecule has 0 spiro atoms. The summed E-state index contributed by atoms with van der Waals surface area (Å²) in [6, 6.07) is 7.10. The fourth-order valence-corrected chi connectivity index (χ4v) is 3.95. The first-order valence-corrected chi connectivity index (χ1v) is 9.38. The summed E-state index contributed by atoms with van der Waals surface area (Å²) in [7, 11) is -4.02. The van der Waals surface area contributed by atoms with Crippen LogP contribution in [0, 0.1) is 27.7 Å². The van der Waals surface area contributed by atoms with E-state index in [4.69, 9.17) is 0 Å². The lowest BCUT2D eigenvalue weighted by molar-refractivity contribution is 0.0939. The molecule has 0 aliphatic heterocycles. The number of benzene rings is 1. The fraction of sp³-hybridized carbons (Fsp3) is 0.235. The number of sulfonamides is 1. The van der Waals surface area contributed by atoms with E-state index in [0.717, 1.165) is 15.8 Å². The monoisotopic (exact) mass is 373 g/mol.